The first kappa shape index (κ1) is 25.1. The van der Waals surface area contributed by atoms with E-state index in [4.69, 9.17) is 11.6 Å². The van der Waals surface area contributed by atoms with Crippen LogP contribution < -0.4 is 15.6 Å². The van der Waals surface area contributed by atoms with E-state index in [1.54, 1.807) is 30.3 Å². The highest BCUT2D eigenvalue weighted by molar-refractivity contribution is 6.32. The van der Waals surface area contributed by atoms with Crippen molar-refractivity contribution < 1.29 is 14.5 Å². The summed E-state index contributed by atoms with van der Waals surface area (Å²) in [6.45, 7) is 0. The van der Waals surface area contributed by atoms with Crippen LogP contribution in [0.5, 0.6) is 0 Å². The molecule has 2 N–H and O–H groups in total. The zero-order valence-electron chi connectivity index (χ0n) is 18.9. The Labute approximate surface area is 206 Å². The van der Waals surface area contributed by atoms with Crippen LogP contribution in [0.4, 0.5) is 11.4 Å². The summed E-state index contributed by atoms with van der Waals surface area (Å²) in [5.74, 6) is -1.14. The van der Waals surface area contributed by atoms with E-state index < -0.39 is 16.7 Å². The number of nitrogens with zero attached hydrogens (tertiary/aromatic N) is 3. The summed E-state index contributed by atoms with van der Waals surface area (Å²) >= 11 is 5.81. The Bertz CT molecular complexity index is 1290. The molecule has 0 saturated carbocycles. The molecule has 2 amide bonds. The fraction of sp³-hybridized carbons (Fsp3) is 0.0800. The minimum atomic E-state index is -0.675. The Balaban J connectivity index is 1.82. The number of nitro groups is 1. The van der Waals surface area contributed by atoms with Crippen LogP contribution in [0.1, 0.15) is 21.5 Å². The first-order valence-corrected chi connectivity index (χ1v) is 10.7. The van der Waals surface area contributed by atoms with Crippen LogP contribution in [-0.2, 0) is 4.79 Å². The van der Waals surface area contributed by atoms with Crippen LogP contribution >= 0.6 is 11.6 Å². The molecular weight excluding hydrogens is 470 g/mol. The van der Waals surface area contributed by atoms with Gasteiger partial charge in [-0.25, -0.2) is 5.43 Å². The fourth-order valence-electron chi connectivity index (χ4n) is 2.95. The molecular formula is C25H22ClN5O4. The molecule has 0 bridgehead atoms. The van der Waals surface area contributed by atoms with Gasteiger partial charge in [0, 0.05) is 37.0 Å². The van der Waals surface area contributed by atoms with Crippen molar-refractivity contribution in [1.29, 1.82) is 0 Å². The highest BCUT2D eigenvalue weighted by atomic mass is 35.5. The van der Waals surface area contributed by atoms with E-state index in [-0.39, 0.29) is 16.4 Å². The third-order valence-corrected chi connectivity index (χ3v) is 5.12. The number of amides is 2. The van der Waals surface area contributed by atoms with Crippen molar-refractivity contribution in [2.45, 2.75) is 0 Å². The summed E-state index contributed by atoms with van der Waals surface area (Å²) < 4.78 is 0. The van der Waals surface area contributed by atoms with Gasteiger partial charge in [-0.15, -0.1) is 0 Å². The summed E-state index contributed by atoms with van der Waals surface area (Å²) in [6, 6.07) is 20.0. The molecule has 0 atom stereocenters. The number of nitro benzene ring substituents is 1. The zero-order valence-corrected chi connectivity index (χ0v) is 19.7. The van der Waals surface area contributed by atoms with Crippen LogP contribution in [0.3, 0.4) is 0 Å². The molecule has 0 heterocycles. The second kappa shape index (κ2) is 11.6. The van der Waals surface area contributed by atoms with Crippen molar-refractivity contribution in [3.63, 3.8) is 0 Å². The Morgan fingerprint density at radius 2 is 1.66 bits per heavy atom. The maximum absolute atomic E-state index is 12.9. The van der Waals surface area contributed by atoms with E-state index in [0.717, 1.165) is 5.69 Å². The largest absolute Gasteiger partial charge is 0.378 e. The molecule has 0 aliphatic carbocycles. The molecule has 0 aliphatic rings. The molecule has 3 rings (SSSR count). The number of hydrogen-bond donors (Lipinski definition) is 2. The number of hydrazone groups is 1. The lowest BCUT2D eigenvalue weighted by Gasteiger charge is -2.12. The van der Waals surface area contributed by atoms with Gasteiger partial charge in [0.2, 0.25) is 0 Å². The minimum absolute atomic E-state index is 0.00897. The maximum Gasteiger partial charge on any atom is 0.288 e. The van der Waals surface area contributed by atoms with Crippen LogP contribution in [0.15, 0.2) is 83.6 Å². The van der Waals surface area contributed by atoms with Crippen LogP contribution in [0.25, 0.3) is 6.08 Å². The van der Waals surface area contributed by atoms with Crippen LogP contribution in [0.2, 0.25) is 5.02 Å². The van der Waals surface area contributed by atoms with Crippen molar-refractivity contribution >= 4 is 47.1 Å². The number of rotatable bonds is 8. The van der Waals surface area contributed by atoms with Crippen LogP contribution in [0, 0.1) is 10.1 Å². The molecule has 0 aromatic heterocycles. The summed E-state index contributed by atoms with van der Waals surface area (Å²) in [6.07, 6.45) is 2.77. The van der Waals surface area contributed by atoms with Gasteiger partial charge in [-0.2, -0.15) is 5.10 Å². The molecule has 0 aliphatic heterocycles. The summed E-state index contributed by atoms with van der Waals surface area (Å²) in [5, 5.41) is 17.5. The summed E-state index contributed by atoms with van der Waals surface area (Å²) in [5.41, 5.74) is 4.43. The molecule has 9 nitrogen and oxygen atoms in total. The number of carbonyl (C=O) groups excluding carboxylic acids is 2. The number of anilines is 1. The van der Waals surface area contributed by atoms with E-state index in [0.29, 0.717) is 16.7 Å². The lowest BCUT2D eigenvalue weighted by molar-refractivity contribution is -0.384. The first-order valence-electron chi connectivity index (χ1n) is 10.4. The van der Waals surface area contributed by atoms with Crippen molar-refractivity contribution in [2.24, 2.45) is 5.10 Å². The average Bonchev–Trinajstić information content (AvgIpc) is 2.85. The highest BCUT2D eigenvalue weighted by Crippen LogP contribution is 2.24. The van der Waals surface area contributed by atoms with Gasteiger partial charge in [0.25, 0.3) is 17.5 Å². The van der Waals surface area contributed by atoms with E-state index >= 15 is 0 Å². The second-order valence-corrected chi connectivity index (χ2v) is 7.94. The molecule has 10 heteroatoms. The van der Waals surface area contributed by atoms with Crippen molar-refractivity contribution in [3.05, 3.63) is 110 Å². The molecule has 0 spiro atoms. The number of halogens is 1. The minimum Gasteiger partial charge on any atom is -0.378 e. The molecule has 3 aromatic carbocycles. The van der Waals surface area contributed by atoms with Gasteiger partial charge in [-0.3, -0.25) is 19.7 Å². The quantitative estimate of drug-likeness (QED) is 0.211. The summed E-state index contributed by atoms with van der Waals surface area (Å²) in [4.78, 5) is 37.9. The molecule has 178 valence electrons. The van der Waals surface area contributed by atoms with Crippen molar-refractivity contribution in [3.8, 4) is 0 Å². The Hall–Kier alpha value is -4.50. The molecule has 35 heavy (non-hydrogen) atoms. The maximum atomic E-state index is 12.9. The molecule has 0 unspecified atom stereocenters. The van der Waals surface area contributed by atoms with Gasteiger partial charge in [0.1, 0.15) is 10.7 Å². The molecule has 0 fully saturated rings. The molecule has 3 aromatic rings. The molecule has 0 saturated heterocycles. The third kappa shape index (κ3) is 6.99. The fourth-order valence-corrected chi connectivity index (χ4v) is 3.14. The van der Waals surface area contributed by atoms with E-state index in [2.05, 4.69) is 15.8 Å². The zero-order chi connectivity index (χ0) is 25.4. The topological polar surface area (TPSA) is 117 Å². The van der Waals surface area contributed by atoms with E-state index in [9.17, 15) is 19.7 Å². The first-order chi connectivity index (χ1) is 16.7. The lowest BCUT2D eigenvalue weighted by atomic mass is 10.1. The van der Waals surface area contributed by atoms with Gasteiger partial charge < -0.3 is 10.2 Å². The number of hydrogen-bond acceptors (Lipinski definition) is 6. The normalized spacial score (nSPS) is 11.2. The average molecular weight is 492 g/mol. The number of carbonyl (C=O) groups is 2. The standard InChI is InChI=1S/C25H22ClN5O4/c1-30(2)20-11-8-17(9-12-20)14-22(28-24(32)19-6-4-3-5-7-19)25(33)29-27-16-18-10-13-21(26)23(15-18)31(34)35/h3-16H,1-2H3,(H,28,32)(H,29,33)/b22-14-,27-16+. The van der Waals surface area contributed by atoms with Crippen molar-refractivity contribution in [1.82, 2.24) is 10.7 Å². The Morgan fingerprint density at radius 3 is 2.29 bits per heavy atom. The van der Waals surface area contributed by atoms with Gasteiger partial charge in [-0.05, 0) is 42.0 Å². The highest BCUT2D eigenvalue weighted by Gasteiger charge is 2.15. The van der Waals surface area contributed by atoms with Crippen molar-refractivity contribution in [2.75, 3.05) is 19.0 Å². The number of nitrogens with one attached hydrogen (secondary N) is 2. The monoisotopic (exact) mass is 491 g/mol. The Morgan fingerprint density at radius 1 is 1.00 bits per heavy atom. The van der Waals surface area contributed by atoms with Crippen LogP contribution in [-0.4, -0.2) is 37.0 Å². The van der Waals surface area contributed by atoms with Gasteiger partial charge in [0.15, 0.2) is 0 Å². The van der Waals surface area contributed by atoms with Gasteiger partial charge >= 0.3 is 0 Å². The van der Waals surface area contributed by atoms with Gasteiger partial charge in [-0.1, -0.05) is 48.0 Å². The second-order valence-electron chi connectivity index (χ2n) is 7.53. The number of benzene rings is 3. The third-order valence-electron chi connectivity index (χ3n) is 4.80. The predicted molar refractivity (Wildman–Crippen MR) is 136 cm³/mol. The lowest BCUT2D eigenvalue weighted by Crippen LogP contribution is -2.32. The molecule has 0 radical (unpaired) electrons. The Kier molecular flexibility index (Phi) is 8.31. The summed E-state index contributed by atoms with van der Waals surface area (Å²) in [7, 11) is 3.83. The van der Waals surface area contributed by atoms with E-state index in [1.807, 2.05) is 43.3 Å². The SMILES string of the molecule is CN(C)c1ccc(/C=C(\NC(=O)c2ccccc2)C(=O)N/N=C/c2ccc(Cl)c([N+](=O)[O-])c2)cc1. The predicted octanol–water partition coefficient (Wildman–Crippen LogP) is 4.24. The smallest absolute Gasteiger partial charge is 0.288 e. The van der Waals surface area contributed by atoms with E-state index in [1.165, 1.54) is 30.5 Å². The van der Waals surface area contributed by atoms with Gasteiger partial charge in [0.05, 0.1) is 11.1 Å².